The van der Waals surface area contributed by atoms with Crippen molar-refractivity contribution in [3.8, 4) is 0 Å². The third-order valence-electron chi connectivity index (χ3n) is 2.64. The molecular weight excluding hydrogens is 252 g/mol. The summed E-state index contributed by atoms with van der Waals surface area (Å²) in [4.78, 5) is 1.79. The Hall–Kier alpha value is -1.24. The molecule has 0 bridgehead atoms. The summed E-state index contributed by atoms with van der Waals surface area (Å²) < 4.78 is 25.1. The van der Waals surface area contributed by atoms with Gasteiger partial charge in [-0.2, -0.15) is 5.10 Å². The lowest BCUT2D eigenvalue weighted by atomic mass is 10.1. The largest absolute Gasteiger partial charge is 0.383 e. The van der Waals surface area contributed by atoms with Crippen molar-refractivity contribution in [2.45, 2.75) is 31.7 Å². The van der Waals surface area contributed by atoms with Gasteiger partial charge in [0.05, 0.1) is 0 Å². The molecule has 1 rings (SSSR count). The van der Waals surface area contributed by atoms with Crippen LogP contribution in [0.3, 0.4) is 0 Å². The summed E-state index contributed by atoms with van der Waals surface area (Å²) in [5.41, 5.74) is 5.91. The van der Waals surface area contributed by atoms with Crippen LogP contribution in [-0.4, -0.2) is 38.5 Å². The van der Waals surface area contributed by atoms with E-state index in [2.05, 4.69) is 18.9 Å². The predicted octanol–water partition coefficient (Wildman–Crippen LogP) is 0.981. The third-order valence-corrected chi connectivity index (χ3v) is 3.78. The molecule has 0 fully saturated rings. The number of hydrogen-bond donors (Lipinski definition) is 1. The number of rotatable bonds is 5. The first kappa shape index (κ1) is 14.8. The first-order chi connectivity index (χ1) is 8.14. The van der Waals surface area contributed by atoms with Crippen molar-refractivity contribution in [3.63, 3.8) is 0 Å². The van der Waals surface area contributed by atoms with Crippen molar-refractivity contribution in [2.24, 2.45) is 5.92 Å². The Balaban J connectivity index is 3.25. The highest BCUT2D eigenvalue weighted by atomic mass is 32.2. The fourth-order valence-corrected chi connectivity index (χ4v) is 2.68. The van der Waals surface area contributed by atoms with Crippen LogP contribution in [0.2, 0.25) is 0 Å². The smallest absolute Gasteiger partial charge is 0.182 e. The first-order valence-electron chi connectivity index (χ1n) is 5.88. The molecule has 7 heteroatoms. The molecule has 1 heterocycles. The fourth-order valence-electron chi connectivity index (χ4n) is 1.64. The van der Waals surface area contributed by atoms with Crippen molar-refractivity contribution in [3.05, 3.63) is 0 Å². The van der Waals surface area contributed by atoms with Gasteiger partial charge in [0.1, 0.15) is 5.82 Å². The lowest BCUT2D eigenvalue weighted by molar-refractivity contribution is 0.491. The summed E-state index contributed by atoms with van der Waals surface area (Å²) >= 11 is 0. The summed E-state index contributed by atoms with van der Waals surface area (Å²) in [5.74, 6) is 1.14. The molecule has 6 nitrogen and oxygen atoms in total. The summed E-state index contributed by atoms with van der Waals surface area (Å²) in [5, 5.41) is 4.29. The van der Waals surface area contributed by atoms with Gasteiger partial charge < -0.3 is 10.6 Å². The van der Waals surface area contributed by atoms with E-state index in [0.717, 1.165) is 12.7 Å². The average Bonchev–Trinajstić information content (AvgIpc) is 2.52. The van der Waals surface area contributed by atoms with E-state index in [1.54, 1.807) is 23.7 Å². The molecular formula is C11H22N4O2S. The number of hydrogen-bond acceptors (Lipinski definition) is 5. The normalized spacial score (nSPS) is 12.1. The average molecular weight is 274 g/mol. The van der Waals surface area contributed by atoms with Crippen LogP contribution in [0.25, 0.3) is 0 Å². The topological polar surface area (TPSA) is 81.2 Å². The van der Waals surface area contributed by atoms with Gasteiger partial charge in [0.2, 0.25) is 0 Å². The molecule has 0 spiro atoms. The van der Waals surface area contributed by atoms with Crippen LogP contribution in [0.1, 0.15) is 20.3 Å². The van der Waals surface area contributed by atoms with Crippen LogP contribution in [0, 0.1) is 5.92 Å². The molecule has 0 unspecified atom stereocenters. The minimum Gasteiger partial charge on any atom is -0.383 e. The summed E-state index contributed by atoms with van der Waals surface area (Å²) in [6, 6.07) is 0. The maximum absolute atomic E-state index is 11.8. The Labute approximate surface area is 109 Å². The van der Waals surface area contributed by atoms with E-state index in [9.17, 15) is 8.42 Å². The van der Waals surface area contributed by atoms with Crippen molar-refractivity contribution in [1.29, 1.82) is 0 Å². The second-order valence-electron chi connectivity index (χ2n) is 5.11. The van der Waals surface area contributed by atoms with Gasteiger partial charge in [-0.15, -0.1) is 0 Å². The SMILES string of the molecule is CC(C)CCn1nc(N(C)C)c(S(C)(=O)=O)c1N. The van der Waals surface area contributed by atoms with E-state index in [1.807, 2.05) is 0 Å². The molecule has 0 saturated heterocycles. The predicted molar refractivity (Wildman–Crippen MR) is 73.5 cm³/mol. The maximum Gasteiger partial charge on any atom is 0.182 e. The van der Waals surface area contributed by atoms with Crippen LogP contribution in [0.4, 0.5) is 11.6 Å². The molecule has 0 saturated carbocycles. The number of aromatic nitrogens is 2. The van der Waals surface area contributed by atoms with E-state index >= 15 is 0 Å². The van der Waals surface area contributed by atoms with Crippen LogP contribution in [0.15, 0.2) is 4.90 Å². The van der Waals surface area contributed by atoms with Gasteiger partial charge in [-0.1, -0.05) is 13.8 Å². The molecule has 2 N–H and O–H groups in total. The molecule has 0 aliphatic heterocycles. The lowest BCUT2D eigenvalue weighted by Crippen LogP contribution is -2.13. The van der Waals surface area contributed by atoms with Gasteiger partial charge in [0, 0.05) is 26.9 Å². The van der Waals surface area contributed by atoms with E-state index in [0.29, 0.717) is 18.3 Å². The van der Waals surface area contributed by atoms with Crippen LogP contribution >= 0.6 is 0 Å². The zero-order valence-electron chi connectivity index (χ0n) is 11.6. The van der Waals surface area contributed by atoms with Gasteiger partial charge in [0.25, 0.3) is 0 Å². The molecule has 0 aliphatic carbocycles. The zero-order chi connectivity index (χ0) is 14.1. The van der Waals surface area contributed by atoms with E-state index in [4.69, 9.17) is 5.73 Å². The highest BCUT2D eigenvalue weighted by Crippen LogP contribution is 2.29. The number of nitrogens with two attached hydrogens (primary N) is 1. The van der Waals surface area contributed by atoms with Crippen molar-refractivity contribution in [1.82, 2.24) is 9.78 Å². The minimum absolute atomic E-state index is 0.122. The van der Waals surface area contributed by atoms with E-state index in [1.165, 1.54) is 0 Å². The molecule has 0 aliphatic rings. The fraction of sp³-hybridized carbons (Fsp3) is 0.727. The summed E-state index contributed by atoms with van der Waals surface area (Å²) in [7, 11) is 0.130. The summed E-state index contributed by atoms with van der Waals surface area (Å²) in [6.45, 7) is 4.83. The van der Waals surface area contributed by atoms with Crippen LogP contribution in [-0.2, 0) is 16.4 Å². The second-order valence-corrected chi connectivity index (χ2v) is 7.06. The Bertz CT molecular complexity index is 517. The van der Waals surface area contributed by atoms with Crippen molar-refractivity contribution >= 4 is 21.5 Å². The maximum atomic E-state index is 11.8. The number of sulfone groups is 1. The highest BCUT2D eigenvalue weighted by molar-refractivity contribution is 7.91. The third kappa shape index (κ3) is 3.16. The minimum atomic E-state index is -3.38. The van der Waals surface area contributed by atoms with Gasteiger partial charge in [-0.05, 0) is 12.3 Å². The van der Waals surface area contributed by atoms with E-state index in [-0.39, 0.29) is 10.7 Å². The summed E-state index contributed by atoms with van der Waals surface area (Å²) in [6.07, 6.45) is 2.06. The number of aryl methyl sites for hydroxylation is 1. The van der Waals surface area contributed by atoms with Gasteiger partial charge in [-0.3, -0.25) is 0 Å². The van der Waals surface area contributed by atoms with Gasteiger partial charge in [-0.25, -0.2) is 13.1 Å². The molecule has 0 aromatic carbocycles. The number of anilines is 2. The Morgan fingerprint density at radius 1 is 1.39 bits per heavy atom. The molecule has 0 amide bonds. The van der Waals surface area contributed by atoms with Gasteiger partial charge in [0.15, 0.2) is 20.6 Å². The molecule has 104 valence electrons. The molecule has 0 atom stereocenters. The zero-order valence-corrected chi connectivity index (χ0v) is 12.5. The monoisotopic (exact) mass is 274 g/mol. The number of nitrogens with zero attached hydrogens (tertiary/aromatic N) is 3. The molecule has 0 radical (unpaired) electrons. The Morgan fingerprint density at radius 2 is 1.94 bits per heavy atom. The van der Waals surface area contributed by atoms with Gasteiger partial charge >= 0.3 is 0 Å². The van der Waals surface area contributed by atoms with Crippen LogP contribution < -0.4 is 10.6 Å². The lowest BCUT2D eigenvalue weighted by Gasteiger charge is -2.09. The Kier molecular flexibility index (Phi) is 4.26. The first-order valence-corrected chi connectivity index (χ1v) is 7.77. The van der Waals surface area contributed by atoms with Crippen LogP contribution in [0.5, 0.6) is 0 Å². The quantitative estimate of drug-likeness (QED) is 0.865. The second kappa shape index (κ2) is 5.17. The molecule has 1 aromatic heterocycles. The van der Waals surface area contributed by atoms with Crippen molar-refractivity contribution < 1.29 is 8.42 Å². The number of nitrogen functional groups attached to an aromatic ring is 1. The molecule has 18 heavy (non-hydrogen) atoms. The van der Waals surface area contributed by atoms with Crippen molar-refractivity contribution in [2.75, 3.05) is 31.0 Å². The Morgan fingerprint density at radius 3 is 2.28 bits per heavy atom. The highest BCUT2D eigenvalue weighted by Gasteiger charge is 2.25. The van der Waals surface area contributed by atoms with E-state index < -0.39 is 9.84 Å². The standard InChI is InChI=1S/C11H22N4O2S/c1-8(2)6-7-15-10(12)9(18(5,16)17)11(13-15)14(3)4/h8H,6-7,12H2,1-5H3. The molecule has 1 aromatic rings.